The third-order valence-electron chi connectivity index (χ3n) is 2.00. The summed E-state index contributed by atoms with van der Waals surface area (Å²) in [6.45, 7) is 0. The minimum atomic E-state index is -0.358. The SMILES string of the molecule is O=C(Nc1ncccn1)c1ccc(I)c(O)c1. The van der Waals surface area contributed by atoms with Crippen molar-refractivity contribution in [3.8, 4) is 5.75 Å². The molecule has 1 heterocycles. The van der Waals surface area contributed by atoms with Gasteiger partial charge in [-0.2, -0.15) is 0 Å². The van der Waals surface area contributed by atoms with E-state index in [9.17, 15) is 9.90 Å². The van der Waals surface area contributed by atoms with E-state index in [0.717, 1.165) is 0 Å². The molecule has 2 N–H and O–H groups in total. The number of benzene rings is 1. The molecule has 0 atom stereocenters. The summed E-state index contributed by atoms with van der Waals surface area (Å²) in [6.07, 6.45) is 3.07. The maximum atomic E-state index is 11.8. The molecule has 6 heteroatoms. The average molecular weight is 341 g/mol. The van der Waals surface area contributed by atoms with Gasteiger partial charge in [0.25, 0.3) is 5.91 Å². The molecule has 0 aliphatic carbocycles. The van der Waals surface area contributed by atoms with E-state index in [2.05, 4.69) is 15.3 Å². The Kier molecular flexibility index (Phi) is 3.52. The number of rotatable bonds is 2. The van der Waals surface area contributed by atoms with E-state index in [1.165, 1.54) is 18.5 Å². The van der Waals surface area contributed by atoms with Crippen LogP contribution in [-0.4, -0.2) is 21.0 Å². The van der Waals surface area contributed by atoms with Crippen molar-refractivity contribution < 1.29 is 9.90 Å². The molecule has 2 rings (SSSR count). The molecule has 17 heavy (non-hydrogen) atoms. The Labute approximate surface area is 111 Å². The van der Waals surface area contributed by atoms with Crippen LogP contribution in [-0.2, 0) is 0 Å². The van der Waals surface area contributed by atoms with Gasteiger partial charge in [-0.05, 0) is 46.9 Å². The summed E-state index contributed by atoms with van der Waals surface area (Å²) < 4.78 is 0.690. The van der Waals surface area contributed by atoms with Crippen molar-refractivity contribution >= 4 is 34.4 Å². The number of phenolic OH excluding ortho intramolecular Hbond substituents is 1. The lowest BCUT2D eigenvalue weighted by Gasteiger charge is -2.04. The molecule has 0 bridgehead atoms. The highest BCUT2D eigenvalue weighted by molar-refractivity contribution is 14.1. The Morgan fingerprint density at radius 3 is 2.65 bits per heavy atom. The number of phenols is 1. The summed E-state index contributed by atoms with van der Waals surface area (Å²) in [6, 6.07) is 6.35. The van der Waals surface area contributed by atoms with E-state index >= 15 is 0 Å². The van der Waals surface area contributed by atoms with Crippen LogP contribution in [0.5, 0.6) is 5.75 Å². The standard InChI is InChI=1S/C11H8IN3O2/c12-8-3-2-7(6-9(8)16)10(17)15-11-13-4-1-5-14-11/h1-6,16H,(H,13,14,15,17). The van der Waals surface area contributed by atoms with Gasteiger partial charge in [-0.1, -0.05) is 0 Å². The first-order valence-corrected chi connectivity index (χ1v) is 5.81. The molecule has 0 saturated heterocycles. The largest absolute Gasteiger partial charge is 0.507 e. The molecule has 1 aromatic carbocycles. The van der Waals surface area contributed by atoms with Gasteiger partial charge in [0.15, 0.2) is 0 Å². The van der Waals surface area contributed by atoms with Crippen molar-refractivity contribution in [3.05, 3.63) is 45.8 Å². The fourth-order valence-electron chi connectivity index (χ4n) is 1.19. The monoisotopic (exact) mass is 341 g/mol. The molecule has 1 amide bonds. The second-order valence-electron chi connectivity index (χ2n) is 3.19. The molecule has 1 aromatic heterocycles. The number of nitrogens with zero attached hydrogens (tertiary/aromatic N) is 2. The van der Waals surface area contributed by atoms with Gasteiger partial charge >= 0.3 is 0 Å². The van der Waals surface area contributed by atoms with Gasteiger partial charge in [0.2, 0.25) is 5.95 Å². The zero-order valence-electron chi connectivity index (χ0n) is 8.59. The molecule has 0 spiro atoms. The number of amides is 1. The summed E-state index contributed by atoms with van der Waals surface area (Å²) in [4.78, 5) is 19.5. The number of carbonyl (C=O) groups is 1. The van der Waals surface area contributed by atoms with Crippen molar-refractivity contribution in [1.82, 2.24) is 9.97 Å². The molecule has 0 unspecified atom stereocenters. The van der Waals surface area contributed by atoms with Gasteiger partial charge in [-0.15, -0.1) is 0 Å². The third-order valence-corrected chi connectivity index (χ3v) is 2.91. The fraction of sp³-hybridized carbons (Fsp3) is 0. The van der Waals surface area contributed by atoms with Crippen molar-refractivity contribution in [1.29, 1.82) is 0 Å². The lowest BCUT2D eigenvalue weighted by atomic mass is 10.2. The van der Waals surface area contributed by atoms with Crippen LogP contribution >= 0.6 is 22.6 Å². The van der Waals surface area contributed by atoms with E-state index in [0.29, 0.717) is 9.13 Å². The number of hydrogen-bond acceptors (Lipinski definition) is 4. The van der Waals surface area contributed by atoms with Crippen molar-refractivity contribution in [3.63, 3.8) is 0 Å². The van der Waals surface area contributed by atoms with E-state index in [-0.39, 0.29) is 17.6 Å². The maximum absolute atomic E-state index is 11.8. The number of carbonyl (C=O) groups excluding carboxylic acids is 1. The first-order valence-electron chi connectivity index (χ1n) is 4.74. The molecular formula is C11H8IN3O2. The fourth-order valence-corrected chi connectivity index (χ4v) is 1.53. The van der Waals surface area contributed by atoms with E-state index in [1.807, 2.05) is 22.6 Å². The molecule has 5 nitrogen and oxygen atoms in total. The molecule has 0 saturated carbocycles. The lowest BCUT2D eigenvalue weighted by Crippen LogP contribution is -2.13. The molecule has 0 radical (unpaired) electrons. The van der Waals surface area contributed by atoms with Crippen LogP contribution < -0.4 is 5.32 Å². The summed E-state index contributed by atoms with van der Waals surface area (Å²) in [5.41, 5.74) is 0.357. The van der Waals surface area contributed by atoms with Gasteiger partial charge < -0.3 is 5.11 Å². The Bertz CT molecular complexity index is 546. The first kappa shape index (κ1) is 11.8. The first-order chi connectivity index (χ1) is 8.16. The van der Waals surface area contributed by atoms with Crippen LogP contribution in [0.3, 0.4) is 0 Å². The smallest absolute Gasteiger partial charge is 0.258 e. The van der Waals surface area contributed by atoms with E-state index in [4.69, 9.17) is 0 Å². The Hall–Kier alpha value is -1.70. The number of aromatic nitrogens is 2. The van der Waals surface area contributed by atoms with Crippen LogP contribution in [0.15, 0.2) is 36.7 Å². The lowest BCUT2D eigenvalue weighted by molar-refractivity contribution is 0.102. The second kappa shape index (κ2) is 5.09. The Balaban J connectivity index is 2.18. The van der Waals surface area contributed by atoms with E-state index < -0.39 is 0 Å². The van der Waals surface area contributed by atoms with Gasteiger partial charge in [-0.25, -0.2) is 9.97 Å². The van der Waals surface area contributed by atoms with Crippen LogP contribution in [0, 0.1) is 3.57 Å². The van der Waals surface area contributed by atoms with Gasteiger partial charge in [-0.3, -0.25) is 10.1 Å². The van der Waals surface area contributed by atoms with Crippen molar-refractivity contribution in [2.45, 2.75) is 0 Å². The summed E-state index contributed by atoms with van der Waals surface area (Å²) >= 11 is 1.98. The van der Waals surface area contributed by atoms with Crippen LogP contribution in [0.1, 0.15) is 10.4 Å². The van der Waals surface area contributed by atoms with E-state index in [1.54, 1.807) is 18.2 Å². The quantitative estimate of drug-likeness (QED) is 0.820. The summed E-state index contributed by atoms with van der Waals surface area (Å²) in [5, 5.41) is 12.0. The van der Waals surface area contributed by atoms with Gasteiger partial charge in [0.1, 0.15) is 5.75 Å². The molecule has 86 valence electrons. The number of aromatic hydroxyl groups is 1. The molecule has 0 aliphatic rings. The Morgan fingerprint density at radius 2 is 2.00 bits per heavy atom. The third kappa shape index (κ3) is 2.90. The van der Waals surface area contributed by atoms with Crippen molar-refractivity contribution in [2.24, 2.45) is 0 Å². The highest BCUT2D eigenvalue weighted by Gasteiger charge is 2.09. The predicted molar refractivity (Wildman–Crippen MR) is 70.8 cm³/mol. The number of nitrogens with one attached hydrogen (secondary N) is 1. The minimum absolute atomic E-state index is 0.0761. The average Bonchev–Trinajstić information content (AvgIpc) is 2.34. The number of halogens is 1. The topological polar surface area (TPSA) is 75.1 Å². The summed E-state index contributed by atoms with van der Waals surface area (Å²) in [7, 11) is 0. The van der Waals surface area contributed by atoms with Gasteiger partial charge in [0.05, 0.1) is 3.57 Å². The van der Waals surface area contributed by atoms with Crippen LogP contribution in [0.25, 0.3) is 0 Å². The van der Waals surface area contributed by atoms with Crippen LogP contribution in [0.4, 0.5) is 5.95 Å². The number of hydrogen-bond donors (Lipinski definition) is 2. The van der Waals surface area contributed by atoms with Gasteiger partial charge in [0, 0.05) is 18.0 Å². The predicted octanol–water partition coefficient (Wildman–Crippen LogP) is 2.04. The maximum Gasteiger partial charge on any atom is 0.258 e. The zero-order valence-corrected chi connectivity index (χ0v) is 10.7. The highest BCUT2D eigenvalue weighted by atomic mass is 127. The normalized spacial score (nSPS) is 9.94. The van der Waals surface area contributed by atoms with Crippen LogP contribution in [0.2, 0.25) is 0 Å². The summed E-state index contributed by atoms with van der Waals surface area (Å²) in [5.74, 6) is -0.0503. The highest BCUT2D eigenvalue weighted by Crippen LogP contribution is 2.20. The zero-order chi connectivity index (χ0) is 12.3. The molecule has 0 fully saturated rings. The Morgan fingerprint density at radius 1 is 1.29 bits per heavy atom. The minimum Gasteiger partial charge on any atom is -0.507 e. The molecule has 0 aliphatic heterocycles. The number of anilines is 1. The second-order valence-corrected chi connectivity index (χ2v) is 4.35. The molecular weight excluding hydrogens is 333 g/mol. The molecule has 2 aromatic rings. The van der Waals surface area contributed by atoms with Crippen molar-refractivity contribution in [2.75, 3.05) is 5.32 Å².